The summed E-state index contributed by atoms with van der Waals surface area (Å²) >= 11 is 0. The lowest BCUT2D eigenvalue weighted by Crippen LogP contribution is -2.37. The van der Waals surface area contributed by atoms with Crippen LogP contribution in [0, 0.1) is 22.6 Å². The molecule has 10 heteroatoms. The second kappa shape index (κ2) is 10.6. The lowest BCUT2D eigenvalue weighted by Gasteiger charge is -2.32. The zero-order chi connectivity index (χ0) is 29.5. The highest BCUT2D eigenvalue weighted by Gasteiger charge is 2.34. The SMILES string of the molecule is [B]C(Nc1cc(-c2cccnc2)c2ncc(C#N)c(NCC(C)(C)C)c2c1)(c1ccc(F)cc1)c1cn(C2CC2)nn1. The van der Waals surface area contributed by atoms with Crippen molar-refractivity contribution >= 4 is 30.1 Å². The van der Waals surface area contributed by atoms with E-state index in [0.29, 0.717) is 46.3 Å². The number of fused-ring (bicyclic) bond motifs is 1. The van der Waals surface area contributed by atoms with Gasteiger partial charge in [0.2, 0.25) is 0 Å². The van der Waals surface area contributed by atoms with Crippen molar-refractivity contribution < 1.29 is 4.39 Å². The summed E-state index contributed by atoms with van der Waals surface area (Å²) in [7, 11) is 7.15. The molecule has 0 spiro atoms. The van der Waals surface area contributed by atoms with Gasteiger partial charge in [0, 0.05) is 47.3 Å². The Morgan fingerprint density at radius 3 is 2.57 bits per heavy atom. The Bertz CT molecular complexity index is 1790. The molecule has 1 atom stereocenters. The molecule has 8 nitrogen and oxygen atoms in total. The maximum absolute atomic E-state index is 14.0. The average Bonchev–Trinajstić information content (AvgIpc) is 3.71. The molecule has 3 heterocycles. The third kappa shape index (κ3) is 5.42. The minimum absolute atomic E-state index is 0.0350. The molecule has 3 aromatic heterocycles. The molecule has 6 rings (SSSR count). The van der Waals surface area contributed by atoms with Gasteiger partial charge in [0.25, 0.3) is 0 Å². The fourth-order valence-electron chi connectivity index (χ4n) is 4.95. The van der Waals surface area contributed by atoms with Crippen LogP contribution in [0.1, 0.15) is 56.5 Å². The maximum atomic E-state index is 14.0. The summed E-state index contributed by atoms with van der Waals surface area (Å²) in [6, 6.07) is 16.4. The van der Waals surface area contributed by atoms with Crippen molar-refractivity contribution in [2.75, 3.05) is 17.2 Å². The molecule has 2 N–H and O–H groups in total. The van der Waals surface area contributed by atoms with Crippen LogP contribution in [0.15, 0.2) is 73.3 Å². The number of rotatable bonds is 8. The number of hydrogen-bond donors (Lipinski definition) is 2. The molecule has 0 saturated heterocycles. The standard InChI is InChI=1S/C32H30BFN8/c1-31(2,3)19-38-29-21(15-35)17-37-30-26(20-5-4-12-36-16-20)13-24(14-27(29)30)39-32(33,22-6-8-23(34)9-7-22)28-18-42(41-40-28)25-10-11-25/h4-9,12-14,16-18,25,39H,10-11,19H2,1-3H3,(H,37,38). The molecule has 5 aromatic rings. The summed E-state index contributed by atoms with van der Waals surface area (Å²) in [5.41, 5.74) is 3.90. The highest BCUT2D eigenvalue weighted by atomic mass is 19.1. The van der Waals surface area contributed by atoms with Crippen LogP contribution in [0.5, 0.6) is 0 Å². The third-order valence-corrected chi connectivity index (χ3v) is 7.34. The molecular formula is C32H30BFN8. The second-order valence-electron chi connectivity index (χ2n) is 12.0. The summed E-state index contributed by atoms with van der Waals surface area (Å²) in [5.74, 6) is -0.364. The topological polar surface area (TPSA) is 104 Å². The van der Waals surface area contributed by atoms with Gasteiger partial charge in [0.05, 0.1) is 34.4 Å². The van der Waals surface area contributed by atoms with Gasteiger partial charge in [-0.05, 0) is 54.2 Å². The molecule has 0 amide bonds. The molecule has 1 fully saturated rings. The number of hydrogen-bond acceptors (Lipinski definition) is 7. The molecule has 1 aliphatic carbocycles. The molecule has 2 aromatic carbocycles. The van der Waals surface area contributed by atoms with Crippen LogP contribution in [0.4, 0.5) is 15.8 Å². The first-order chi connectivity index (χ1) is 20.1. The van der Waals surface area contributed by atoms with Crippen molar-refractivity contribution in [2.24, 2.45) is 5.41 Å². The van der Waals surface area contributed by atoms with E-state index in [1.807, 2.05) is 35.1 Å². The summed E-state index contributed by atoms with van der Waals surface area (Å²) in [4.78, 5) is 9.04. The number of pyridine rings is 2. The summed E-state index contributed by atoms with van der Waals surface area (Å²) in [6.07, 6.45) is 9.03. The Hall–Kier alpha value is -4.78. The van der Waals surface area contributed by atoms with Crippen LogP contribution in [0.25, 0.3) is 22.0 Å². The van der Waals surface area contributed by atoms with E-state index in [1.54, 1.807) is 30.7 Å². The molecule has 42 heavy (non-hydrogen) atoms. The molecule has 208 valence electrons. The minimum Gasteiger partial charge on any atom is -0.383 e. The Balaban J connectivity index is 1.55. The summed E-state index contributed by atoms with van der Waals surface area (Å²) in [6.45, 7) is 7.03. The first-order valence-corrected chi connectivity index (χ1v) is 13.9. The average molecular weight is 556 g/mol. The van der Waals surface area contributed by atoms with Crippen molar-refractivity contribution in [1.82, 2.24) is 25.0 Å². The predicted octanol–water partition coefficient (Wildman–Crippen LogP) is 6.17. The molecule has 0 bridgehead atoms. The van der Waals surface area contributed by atoms with Crippen molar-refractivity contribution in [3.05, 3.63) is 96.0 Å². The van der Waals surface area contributed by atoms with Crippen molar-refractivity contribution in [1.29, 1.82) is 5.26 Å². The highest BCUT2D eigenvalue weighted by Crippen LogP contribution is 2.40. The number of halogens is 1. The van der Waals surface area contributed by atoms with E-state index in [0.717, 1.165) is 29.4 Å². The number of benzene rings is 2. The van der Waals surface area contributed by atoms with E-state index < -0.39 is 5.44 Å². The zero-order valence-corrected chi connectivity index (χ0v) is 23.8. The van der Waals surface area contributed by atoms with Crippen LogP contribution in [-0.4, -0.2) is 39.4 Å². The Morgan fingerprint density at radius 2 is 1.90 bits per heavy atom. The van der Waals surface area contributed by atoms with Gasteiger partial charge >= 0.3 is 0 Å². The maximum Gasteiger partial charge on any atom is 0.123 e. The fourth-order valence-corrected chi connectivity index (χ4v) is 4.95. The smallest absolute Gasteiger partial charge is 0.123 e. The molecule has 2 radical (unpaired) electrons. The predicted molar refractivity (Wildman–Crippen MR) is 162 cm³/mol. The van der Waals surface area contributed by atoms with Crippen LogP contribution in [0.2, 0.25) is 0 Å². The van der Waals surface area contributed by atoms with E-state index in [1.165, 1.54) is 12.1 Å². The zero-order valence-electron chi connectivity index (χ0n) is 23.8. The number of anilines is 2. The van der Waals surface area contributed by atoms with Crippen molar-refractivity contribution in [3.63, 3.8) is 0 Å². The lowest BCUT2D eigenvalue weighted by atomic mass is 9.69. The first-order valence-electron chi connectivity index (χ1n) is 13.9. The van der Waals surface area contributed by atoms with Crippen LogP contribution >= 0.6 is 0 Å². The van der Waals surface area contributed by atoms with E-state index >= 15 is 0 Å². The van der Waals surface area contributed by atoms with Crippen LogP contribution in [-0.2, 0) is 5.44 Å². The van der Waals surface area contributed by atoms with Gasteiger partial charge in [0.15, 0.2) is 0 Å². The van der Waals surface area contributed by atoms with Crippen LogP contribution in [0.3, 0.4) is 0 Å². The Morgan fingerprint density at radius 1 is 1.12 bits per heavy atom. The molecule has 1 saturated carbocycles. The molecular weight excluding hydrogens is 526 g/mol. The monoisotopic (exact) mass is 556 g/mol. The largest absolute Gasteiger partial charge is 0.383 e. The van der Waals surface area contributed by atoms with E-state index in [4.69, 9.17) is 12.8 Å². The van der Waals surface area contributed by atoms with Gasteiger partial charge in [-0.3, -0.25) is 9.97 Å². The lowest BCUT2D eigenvalue weighted by molar-refractivity contribution is 0.443. The van der Waals surface area contributed by atoms with Gasteiger partial charge in [0.1, 0.15) is 25.4 Å². The highest BCUT2D eigenvalue weighted by molar-refractivity contribution is 6.19. The second-order valence-corrected chi connectivity index (χ2v) is 12.0. The number of aromatic nitrogens is 5. The number of nitrogens with one attached hydrogen (secondary N) is 2. The molecule has 1 aliphatic rings. The van der Waals surface area contributed by atoms with Gasteiger partial charge in [-0.25, -0.2) is 9.07 Å². The fraction of sp³-hybridized carbons (Fsp3) is 0.281. The van der Waals surface area contributed by atoms with Gasteiger partial charge in [-0.1, -0.05) is 44.2 Å². The van der Waals surface area contributed by atoms with Crippen molar-refractivity contribution in [2.45, 2.75) is 45.1 Å². The van der Waals surface area contributed by atoms with E-state index in [2.05, 4.69) is 52.8 Å². The normalized spacial score (nSPS) is 14.7. The van der Waals surface area contributed by atoms with Gasteiger partial charge in [-0.2, -0.15) is 5.26 Å². The van der Waals surface area contributed by atoms with Gasteiger partial charge in [-0.15, -0.1) is 5.10 Å². The number of nitrogens with zero attached hydrogens (tertiary/aromatic N) is 6. The third-order valence-electron chi connectivity index (χ3n) is 7.34. The van der Waals surface area contributed by atoms with E-state index in [-0.39, 0.29) is 11.2 Å². The first kappa shape index (κ1) is 27.4. The van der Waals surface area contributed by atoms with Gasteiger partial charge < -0.3 is 10.6 Å². The minimum atomic E-state index is -1.35. The van der Waals surface area contributed by atoms with Crippen molar-refractivity contribution in [3.8, 4) is 17.2 Å². The summed E-state index contributed by atoms with van der Waals surface area (Å²) < 4.78 is 15.8. The molecule has 1 unspecified atom stereocenters. The Labute approximate surface area is 245 Å². The van der Waals surface area contributed by atoms with Crippen LogP contribution < -0.4 is 10.6 Å². The summed E-state index contributed by atoms with van der Waals surface area (Å²) in [5, 5.41) is 26.5. The quantitative estimate of drug-likeness (QED) is 0.220. The molecule has 0 aliphatic heterocycles. The van der Waals surface area contributed by atoms with E-state index in [9.17, 15) is 9.65 Å². The number of nitriles is 1. The Kier molecular flexibility index (Phi) is 6.89.